The van der Waals surface area contributed by atoms with E-state index >= 15 is 0 Å². The fourth-order valence-electron chi connectivity index (χ4n) is 0.682. The van der Waals surface area contributed by atoms with Gasteiger partial charge in [0.2, 0.25) is 0 Å². The predicted octanol–water partition coefficient (Wildman–Crippen LogP) is 1.32. The van der Waals surface area contributed by atoms with Crippen LogP contribution in [0.4, 0.5) is 0 Å². The molecule has 11 heavy (non-hydrogen) atoms. The molecule has 0 fully saturated rings. The molecule has 0 bridgehead atoms. The SMILES string of the molecule is CC(C)C(C)C(=O)CC(=O)O. The van der Waals surface area contributed by atoms with E-state index in [9.17, 15) is 9.59 Å². The molecule has 0 amide bonds. The third kappa shape index (κ3) is 3.75. The van der Waals surface area contributed by atoms with Crippen molar-refractivity contribution in [1.82, 2.24) is 0 Å². The van der Waals surface area contributed by atoms with Crippen molar-refractivity contribution in [3.05, 3.63) is 0 Å². The van der Waals surface area contributed by atoms with Crippen molar-refractivity contribution in [3.8, 4) is 0 Å². The van der Waals surface area contributed by atoms with E-state index in [0.717, 1.165) is 0 Å². The monoisotopic (exact) mass is 158 g/mol. The number of Topliss-reactive ketones (excluding diaryl/α,β-unsaturated/α-hetero) is 1. The number of ketones is 1. The van der Waals surface area contributed by atoms with Gasteiger partial charge >= 0.3 is 5.97 Å². The lowest BCUT2D eigenvalue weighted by atomic mass is 9.92. The summed E-state index contributed by atoms with van der Waals surface area (Å²) >= 11 is 0. The van der Waals surface area contributed by atoms with Crippen LogP contribution in [0, 0.1) is 11.8 Å². The van der Waals surface area contributed by atoms with Crippen molar-refractivity contribution in [3.63, 3.8) is 0 Å². The van der Waals surface area contributed by atoms with Crippen LogP contribution in [0.3, 0.4) is 0 Å². The minimum absolute atomic E-state index is 0.147. The normalized spacial score (nSPS) is 13.1. The van der Waals surface area contributed by atoms with Crippen LogP contribution < -0.4 is 0 Å². The Morgan fingerprint density at radius 2 is 1.73 bits per heavy atom. The zero-order chi connectivity index (χ0) is 9.02. The molecule has 1 atom stereocenters. The Kier molecular flexibility index (Phi) is 3.79. The molecule has 0 aromatic rings. The first-order valence-corrected chi connectivity index (χ1v) is 3.69. The molecule has 0 heterocycles. The molecule has 0 aliphatic heterocycles. The van der Waals surface area contributed by atoms with Crippen molar-refractivity contribution in [2.75, 3.05) is 0 Å². The molecule has 64 valence electrons. The quantitative estimate of drug-likeness (QED) is 0.628. The van der Waals surface area contributed by atoms with Crippen molar-refractivity contribution in [2.24, 2.45) is 11.8 Å². The van der Waals surface area contributed by atoms with Gasteiger partial charge in [-0.1, -0.05) is 20.8 Å². The highest BCUT2D eigenvalue weighted by molar-refractivity contribution is 5.95. The zero-order valence-corrected chi connectivity index (χ0v) is 7.13. The molecule has 0 saturated heterocycles. The fraction of sp³-hybridized carbons (Fsp3) is 0.750. The summed E-state index contributed by atoms with van der Waals surface area (Å²) in [5.74, 6) is -1.15. The van der Waals surface area contributed by atoms with Gasteiger partial charge in [0.25, 0.3) is 0 Å². The fourth-order valence-corrected chi connectivity index (χ4v) is 0.682. The summed E-state index contributed by atoms with van der Waals surface area (Å²) in [6.45, 7) is 5.57. The molecule has 3 nitrogen and oxygen atoms in total. The van der Waals surface area contributed by atoms with E-state index in [4.69, 9.17) is 5.11 Å². The molecular formula is C8H14O3. The molecule has 0 radical (unpaired) electrons. The third-order valence-electron chi connectivity index (χ3n) is 1.83. The van der Waals surface area contributed by atoms with Crippen LogP contribution in [0.5, 0.6) is 0 Å². The first kappa shape index (κ1) is 10.1. The summed E-state index contributed by atoms with van der Waals surface area (Å²) in [5.41, 5.74) is 0. The number of carbonyl (C=O) groups is 2. The standard InChI is InChI=1S/C8H14O3/c1-5(2)6(3)7(9)4-8(10)11/h5-6H,4H2,1-3H3,(H,10,11). The van der Waals surface area contributed by atoms with E-state index in [-0.39, 0.29) is 24.0 Å². The largest absolute Gasteiger partial charge is 0.481 e. The van der Waals surface area contributed by atoms with E-state index in [1.165, 1.54) is 0 Å². The number of carboxylic acid groups (broad SMARTS) is 1. The summed E-state index contributed by atoms with van der Waals surface area (Å²) in [4.78, 5) is 21.1. The summed E-state index contributed by atoms with van der Waals surface area (Å²) in [6, 6.07) is 0. The maximum absolute atomic E-state index is 11.0. The van der Waals surface area contributed by atoms with E-state index in [2.05, 4.69) is 0 Å². The molecule has 0 rings (SSSR count). The number of carbonyl (C=O) groups excluding carboxylic acids is 1. The lowest BCUT2D eigenvalue weighted by molar-refractivity contribution is -0.141. The van der Waals surface area contributed by atoms with Gasteiger partial charge in [-0.2, -0.15) is 0 Å². The zero-order valence-electron chi connectivity index (χ0n) is 7.13. The lowest BCUT2D eigenvalue weighted by Crippen LogP contribution is -2.19. The van der Waals surface area contributed by atoms with Crippen molar-refractivity contribution in [2.45, 2.75) is 27.2 Å². The predicted molar refractivity (Wildman–Crippen MR) is 41.3 cm³/mol. The Balaban J connectivity index is 3.93. The first-order valence-electron chi connectivity index (χ1n) is 3.69. The molecule has 1 unspecified atom stereocenters. The Bertz CT molecular complexity index is 161. The summed E-state index contributed by atoms with van der Waals surface area (Å²) in [5, 5.41) is 8.29. The highest BCUT2D eigenvalue weighted by atomic mass is 16.4. The molecule has 0 aliphatic rings. The van der Waals surface area contributed by atoms with Gasteiger partial charge in [-0.25, -0.2) is 0 Å². The van der Waals surface area contributed by atoms with Crippen LogP contribution in [0.15, 0.2) is 0 Å². The minimum atomic E-state index is -1.04. The van der Waals surface area contributed by atoms with E-state index < -0.39 is 5.97 Å². The Labute approximate surface area is 66.4 Å². The molecule has 0 spiro atoms. The number of rotatable bonds is 4. The Morgan fingerprint density at radius 1 is 1.27 bits per heavy atom. The van der Waals surface area contributed by atoms with E-state index in [1.807, 2.05) is 13.8 Å². The van der Waals surface area contributed by atoms with Crippen LogP contribution in [-0.4, -0.2) is 16.9 Å². The number of carboxylic acids is 1. The Hall–Kier alpha value is -0.860. The first-order chi connectivity index (χ1) is 4.95. The molecule has 3 heteroatoms. The van der Waals surface area contributed by atoms with E-state index in [1.54, 1.807) is 6.92 Å². The Morgan fingerprint density at radius 3 is 2.00 bits per heavy atom. The maximum atomic E-state index is 11.0. The van der Waals surface area contributed by atoms with Crippen molar-refractivity contribution < 1.29 is 14.7 Å². The average Bonchev–Trinajstić information content (AvgIpc) is 1.84. The van der Waals surface area contributed by atoms with E-state index in [0.29, 0.717) is 0 Å². The topological polar surface area (TPSA) is 54.4 Å². The second-order valence-electron chi connectivity index (χ2n) is 3.07. The minimum Gasteiger partial charge on any atom is -0.481 e. The van der Waals surface area contributed by atoms with Crippen molar-refractivity contribution >= 4 is 11.8 Å². The summed E-state index contributed by atoms with van der Waals surface area (Å²) < 4.78 is 0. The second-order valence-corrected chi connectivity index (χ2v) is 3.07. The average molecular weight is 158 g/mol. The van der Waals surface area contributed by atoms with Gasteiger partial charge < -0.3 is 5.11 Å². The summed E-state index contributed by atoms with van der Waals surface area (Å²) in [7, 11) is 0. The second kappa shape index (κ2) is 4.11. The molecule has 0 saturated carbocycles. The van der Waals surface area contributed by atoms with Crippen molar-refractivity contribution in [1.29, 1.82) is 0 Å². The molecular weight excluding hydrogens is 144 g/mol. The number of hydrogen-bond donors (Lipinski definition) is 1. The molecule has 0 aromatic carbocycles. The van der Waals surface area contributed by atoms with Gasteiger partial charge in [0, 0.05) is 5.92 Å². The third-order valence-corrected chi connectivity index (χ3v) is 1.83. The lowest BCUT2D eigenvalue weighted by Gasteiger charge is -2.11. The van der Waals surface area contributed by atoms with Gasteiger partial charge in [0.1, 0.15) is 12.2 Å². The molecule has 1 N–H and O–H groups in total. The van der Waals surface area contributed by atoms with Gasteiger partial charge in [0.15, 0.2) is 0 Å². The van der Waals surface area contributed by atoms with Crippen LogP contribution in [0.1, 0.15) is 27.2 Å². The maximum Gasteiger partial charge on any atom is 0.310 e. The van der Waals surface area contributed by atoms with Gasteiger partial charge in [-0.05, 0) is 5.92 Å². The number of hydrogen-bond acceptors (Lipinski definition) is 2. The van der Waals surface area contributed by atoms with Gasteiger partial charge in [-0.15, -0.1) is 0 Å². The summed E-state index contributed by atoms with van der Waals surface area (Å²) in [6.07, 6.45) is -0.348. The van der Waals surface area contributed by atoms with Gasteiger partial charge in [0.05, 0.1) is 0 Å². The number of aliphatic carboxylic acids is 1. The van der Waals surface area contributed by atoms with Gasteiger partial charge in [-0.3, -0.25) is 9.59 Å². The molecule has 0 aromatic heterocycles. The highest BCUT2D eigenvalue weighted by Crippen LogP contribution is 2.12. The van der Waals surface area contributed by atoms with Crippen LogP contribution in [0.25, 0.3) is 0 Å². The highest BCUT2D eigenvalue weighted by Gasteiger charge is 2.18. The molecule has 0 aliphatic carbocycles. The van der Waals surface area contributed by atoms with Crippen LogP contribution in [0.2, 0.25) is 0 Å². The van der Waals surface area contributed by atoms with Crippen LogP contribution >= 0.6 is 0 Å². The van der Waals surface area contributed by atoms with Crippen LogP contribution in [-0.2, 0) is 9.59 Å². The smallest absolute Gasteiger partial charge is 0.310 e.